The van der Waals surface area contributed by atoms with E-state index >= 15 is 0 Å². The monoisotopic (exact) mass is 391 g/mol. The smallest absolute Gasteiger partial charge is 0.262 e. The minimum absolute atomic E-state index is 0.0692. The summed E-state index contributed by atoms with van der Waals surface area (Å²) >= 11 is 0. The van der Waals surface area contributed by atoms with E-state index in [4.69, 9.17) is 4.74 Å². The van der Waals surface area contributed by atoms with Crippen LogP contribution < -0.4 is 10.1 Å². The van der Waals surface area contributed by atoms with Gasteiger partial charge in [0.15, 0.2) is 12.4 Å². The van der Waals surface area contributed by atoms with Crippen molar-refractivity contribution in [2.45, 2.75) is 26.2 Å². The van der Waals surface area contributed by atoms with Gasteiger partial charge in [-0.15, -0.1) is 0 Å². The first-order chi connectivity index (χ1) is 13.7. The summed E-state index contributed by atoms with van der Waals surface area (Å²) in [5.74, 6) is 0.572. The minimum atomic E-state index is -0.270. The maximum atomic E-state index is 12.4. The molecule has 0 spiro atoms. The van der Waals surface area contributed by atoms with Crippen molar-refractivity contribution in [1.82, 2.24) is 9.55 Å². The summed E-state index contributed by atoms with van der Waals surface area (Å²) in [5.41, 5.74) is 2.37. The molecule has 1 aromatic heterocycles. The normalized spacial score (nSPS) is 11.2. The third kappa shape index (κ3) is 5.10. The second-order valence-electron chi connectivity index (χ2n) is 7.88. The molecular formula is C23H25N3O3. The van der Waals surface area contributed by atoms with Crippen molar-refractivity contribution in [3.8, 4) is 5.75 Å². The fourth-order valence-electron chi connectivity index (χ4n) is 2.82. The van der Waals surface area contributed by atoms with Gasteiger partial charge >= 0.3 is 0 Å². The predicted octanol–water partition coefficient (Wildman–Crippen LogP) is 3.97. The second kappa shape index (κ2) is 8.31. The quantitative estimate of drug-likeness (QED) is 0.646. The molecular weight excluding hydrogens is 366 g/mol. The molecule has 0 fully saturated rings. The van der Waals surface area contributed by atoms with E-state index in [0.29, 0.717) is 22.8 Å². The number of amides is 1. The Kier molecular flexibility index (Phi) is 5.82. The van der Waals surface area contributed by atoms with E-state index in [2.05, 4.69) is 31.1 Å². The first-order valence-electron chi connectivity index (χ1n) is 9.39. The van der Waals surface area contributed by atoms with Gasteiger partial charge in [-0.05, 0) is 47.4 Å². The molecule has 6 nitrogen and oxygen atoms in total. The van der Waals surface area contributed by atoms with Crippen LogP contribution in [0.25, 0.3) is 0 Å². The number of ether oxygens (including phenoxy) is 1. The van der Waals surface area contributed by atoms with E-state index in [1.165, 1.54) is 5.56 Å². The third-order valence-corrected chi connectivity index (χ3v) is 4.55. The number of carbonyl (C=O) groups excluding carboxylic acids is 2. The molecule has 1 heterocycles. The van der Waals surface area contributed by atoms with Crippen LogP contribution in [-0.4, -0.2) is 27.8 Å². The van der Waals surface area contributed by atoms with Gasteiger partial charge in [0.1, 0.15) is 5.75 Å². The Hall–Kier alpha value is -3.41. The summed E-state index contributed by atoms with van der Waals surface area (Å²) in [4.78, 5) is 28.6. The Morgan fingerprint density at radius 3 is 2.24 bits per heavy atom. The molecule has 0 saturated carbocycles. The number of benzene rings is 2. The van der Waals surface area contributed by atoms with Crippen LogP contribution in [-0.2, 0) is 17.3 Å². The molecule has 6 heteroatoms. The molecule has 3 aromatic rings. The number of anilines is 1. The lowest BCUT2D eigenvalue weighted by molar-refractivity contribution is -0.118. The number of nitrogens with one attached hydrogen (secondary N) is 1. The first kappa shape index (κ1) is 20.3. The number of imidazole rings is 1. The van der Waals surface area contributed by atoms with Crippen molar-refractivity contribution < 1.29 is 14.3 Å². The van der Waals surface area contributed by atoms with Crippen LogP contribution in [0.4, 0.5) is 5.69 Å². The highest BCUT2D eigenvalue weighted by Gasteiger charge is 2.15. The lowest BCUT2D eigenvalue weighted by Crippen LogP contribution is -2.20. The molecule has 0 unspecified atom stereocenters. The predicted molar refractivity (Wildman–Crippen MR) is 112 cm³/mol. The molecule has 1 amide bonds. The van der Waals surface area contributed by atoms with Crippen LogP contribution in [0.3, 0.4) is 0 Å². The van der Waals surface area contributed by atoms with Crippen molar-refractivity contribution >= 4 is 17.4 Å². The number of hydrogen-bond donors (Lipinski definition) is 1. The van der Waals surface area contributed by atoms with E-state index in [1.807, 2.05) is 24.3 Å². The maximum absolute atomic E-state index is 12.4. The van der Waals surface area contributed by atoms with Gasteiger partial charge in [0.25, 0.3) is 5.91 Å². The van der Waals surface area contributed by atoms with Crippen LogP contribution in [0.1, 0.15) is 42.5 Å². The highest BCUT2D eigenvalue weighted by Crippen LogP contribution is 2.24. The largest absolute Gasteiger partial charge is 0.484 e. The van der Waals surface area contributed by atoms with Gasteiger partial charge in [-0.25, -0.2) is 4.98 Å². The number of rotatable bonds is 6. The van der Waals surface area contributed by atoms with Gasteiger partial charge in [0.2, 0.25) is 5.78 Å². The zero-order valence-corrected chi connectivity index (χ0v) is 17.1. The fourth-order valence-corrected chi connectivity index (χ4v) is 2.82. The Bertz CT molecular complexity index is 997. The molecule has 0 saturated heterocycles. The van der Waals surface area contributed by atoms with Gasteiger partial charge in [-0.2, -0.15) is 0 Å². The molecule has 0 bridgehead atoms. The molecule has 1 N–H and O–H groups in total. The number of nitrogens with zero attached hydrogens (tertiary/aromatic N) is 2. The summed E-state index contributed by atoms with van der Waals surface area (Å²) in [6.45, 7) is 6.34. The molecule has 3 rings (SSSR count). The Balaban J connectivity index is 1.54. The van der Waals surface area contributed by atoms with Crippen LogP contribution in [0.15, 0.2) is 60.9 Å². The Labute approximate surface area is 170 Å². The zero-order valence-electron chi connectivity index (χ0n) is 17.1. The van der Waals surface area contributed by atoms with Crippen molar-refractivity contribution in [2.75, 3.05) is 11.9 Å². The van der Waals surface area contributed by atoms with Gasteiger partial charge in [0.05, 0.1) is 0 Å². The molecule has 29 heavy (non-hydrogen) atoms. The van der Waals surface area contributed by atoms with E-state index in [-0.39, 0.29) is 23.7 Å². The lowest BCUT2D eigenvalue weighted by Gasteiger charge is -2.19. The van der Waals surface area contributed by atoms with Crippen LogP contribution in [0, 0.1) is 0 Å². The average Bonchev–Trinajstić information content (AvgIpc) is 3.12. The average molecular weight is 391 g/mol. The van der Waals surface area contributed by atoms with Crippen molar-refractivity contribution in [3.05, 3.63) is 77.9 Å². The summed E-state index contributed by atoms with van der Waals surface area (Å²) < 4.78 is 7.22. The Morgan fingerprint density at radius 1 is 1.03 bits per heavy atom. The first-order valence-corrected chi connectivity index (χ1v) is 9.39. The number of aryl methyl sites for hydroxylation is 1. The number of hydrogen-bond acceptors (Lipinski definition) is 4. The van der Waals surface area contributed by atoms with Crippen molar-refractivity contribution in [1.29, 1.82) is 0 Å². The molecule has 0 atom stereocenters. The maximum Gasteiger partial charge on any atom is 0.262 e. The summed E-state index contributed by atoms with van der Waals surface area (Å²) in [6, 6.07) is 14.4. The zero-order chi connectivity index (χ0) is 21.0. The van der Waals surface area contributed by atoms with Crippen LogP contribution >= 0.6 is 0 Å². The second-order valence-corrected chi connectivity index (χ2v) is 7.88. The fraction of sp³-hybridized carbons (Fsp3) is 0.261. The highest BCUT2D eigenvalue weighted by molar-refractivity contribution is 6.07. The molecule has 0 aliphatic rings. The van der Waals surface area contributed by atoms with E-state index in [0.717, 1.165) is 0 Å². The topological polar surface area (TPSA) is 73.2 Å². The molecule has 0 aliphatic heterocycles. The van der Waals surface area contributed by atoms with Crippen molar-refractivity contribution in [3.63, 3.8) is 0 Å². The summed E-state index contributed by atoms with van der Waals surface area (Å²) in [5, 5.41) is 2.76. The van der Waals surface area contributed by atoms with Gasteiger partial charge in [-0.1, -0.05) is 32.9 Å². The number of aromatic nitrogens is 2. The lowest BCUT2D eigenvalue weighted by atomic mass is 9.87. The summed E-state index contributed by atoms with van der Waals surface area (Å²) in [7, 11) is 1.77. The van der Waals surface area contributed by atoms with E-state index in [9.17, 15) is 9.59 Å². The van der Waals surface area contributed by atoms with Crippen LogP contribution in [0.5, 0.6) is 5.75 Å². The van der Waals surface area contributed by atoms with Crippen molar-refractivity contribution in [2.24, 2.45) is 7.05 Å². The molecule has 0 aliphatic carbocycles. The van der Waals surface area contributed by atoms with Gasteiger partial charge < -0.3 is 14.6 Å². The molecule has 150 valence electrons. The number of carbonyl (C=O) groups is 2. The highest BCUT2D eigenvalue weighted by atomic mass is 16.5. The Morgan fingerprint density at radius 2 is 1.69 bits per heavy atom. The van der Waals surface area contributed by atoms with E-state index in [1.54, 1.807) is 48.3 Å². The standard InChI is InChI=1S/C23H25N3O3/c1-23(2,3)17-7-11-19(12-8-17)29-15-20(27)25-18-9-5-16(6-10-18)21(28)22-24-13-14-26(22)4/h5-14H,15H2,1-4H3,(H,25,27). The molecule has 2 aromatic carbocycles. The minimum Gasteiger partial charge on any atom is -0.484 e. The third-order valence-electron chi connectivity index (χ3n) is 4.55. The van der Waals surface area contributed by atoms with Gasteiger partial charge in [-0.3, -0.25) is 9.59 Å². The van der Waals surface area contributed by atoms with Crippen LogP contribution in [0.2, 0.25) is 0 Å². The van der Waals surface area contributed by atoms with Gasteiger partial charge in [0, 0.05) is 30.7 Å². The SMILES string of the molecule is Cn1ccnc1C(=O)c1ccc(NC(=O)COc2ccc(C(C)(C)C)cc2)cc1. The molecule has 0 radical (unpaired) electrons. The number of ketones is 1. The summed E-state index contributed by atoms with van der Waals surface area (Å²) in [6.07, 6.45) is 3.30. The van der Waals surface area contributed by atoms with E-state index < -0.39 is 0 Å².